The van der Waals surface area contributed by atoms with Crippen molar-refractivity contribution in [1.82, 2.24) is 0 Å². The summed E-state index contributed by atoms with van der Waals surface area (Å²) in [5.74, 6) is 0. The first-order valence-corrected chi connectivity index (χ1v) is 5.87. The predicted molar refractivity (Wildman–Crippen MR) is 57.5 cm³/mol. The highest BCUT2D eigenvalue weighted by molar-refractivity contribution is 7.10. The minimum atomic E-state index is -0.00870. The monoisotopic (exact) mass is 207 g/mol. The van der Waals surface area contributed by atoms with E-state index in [9.17, 15) is 4.79 Å². The van der Waals surface area contributed by atoms with Gasteiger partial charge in [0.2, 0.25) is 6.08 Å². The van der Waals surface area contributed by atoms with Gasteiger partial charge in [-0.1, -0.05) is 0 Å². The molecule has 1 aromatic heterocycles. The van der Waals surface area contributed by atoms with Crippen molar-refractivity contribution in [1.29, 1.82) is 0 Å². The highest BCUT2D eigenvalue weighted by Gasteiger charge is 2.18. The molecule has 0 spiro atoms. The van der Waals surface area contributed by atoms with E-state index >= 15 is 0 Å². The summed E-state index contributed by atoms with van der Waals surface area (Å²) >= 11 is 1.82. The second-order valence-electron chi connectivity index (χ2n) is 3.70. The van der Waals surface area contributed by atoms with Crippen LogP contribution in [0, 0.1) is 0 Å². The molecule has 0 aromatic carbocycles. The van der Waals surface area contributed by atoms with E-state index in [-0.39, 0.29) is 6.04 Å². The first-order chi connectivity index (χ1) is 6.83. The summed E-state index contributed by atoms with van der Waals surface area (Å²) in [5.41, 5.74) is 2.70. The molecule has 1 unspecified atom stereocenters. The molecule has 0 fully saturated rings. The molecule has 0 radical (unpaired) electrons. The molecule has 0 bridgehead atoms. The van der Waals surface area contributed by atoms with Crippen molar-refractivity contribution >= 4 is 17.4 Å². The topological polar surface area (TPSA) is 29.4 Å². The maximum atomic E-state index is 10.2. The number of isocyanates is 1. The second kappa shape index (κ2) is 4.07. The normalized spacial score (nSPS) is 16.9. The fraction of sp³-hybridized carbons (Fsp3) is 0.545. The van der Waals surface area contributed by atoms with Crippen molar-refractivity contribution in [3.8, 4) is 0 Å². The van der Waals surface area contributed by atoms with Gasteiger partial charge in [-0.3, -0.25) is 0 Å². The highest BCUT2D eigenvalue weighted by atomic mass is 32.1. The summed E-state index contributed by atoms with van der Waals surface area (Å²) in [6.07, 6.45) is 6.58. The van der Waals surface area contributed by atoms with Gasteiger partial charge in [-0.2, -0.15) is 4.99 Å². The molecule has 1 aliphatic rings. The van der Waals surface area contributed by atoms with E-state index in [1.807, 2.05) is 18.3 Å². The van der Waals surface area contributed by atoms with Crippen LogP contribution >= 0.6 is 11.3 Å². The van der Waals surface area contributed by atoms with Gasteiger partial charge < -0.3 is 0 Å². The van der Waals surface area contributed by atoms with Crippen LogP contribution < -0.4 is 0 Å². The summed E-state index contributed by atoms with van der Waals surface area (Å²) < 4.78 is 0. The largest absolute Gasteiger partial charge is 0.235 e. The quantitative estimate of drug-likeness (QED) is 0.541. The van der Waals surface area contributed by atoms with E-state index in [1.165, 1.54) is 35.3 Å². The lowest BCUT2D eigenvalue weighted by Gasteiger charge is -2.13. The summed E-state index contributed by atoms with van der Waals surface area (Å²) in [4.78, 5) is 15.5. The van der Waals surface area contributed by atoms with Gasteiger partial charge in [-0.15, -0.1) is 11.3 Å². The lowest BCUT2D eigenvalue weighted by atomic mass is 9.94. The Labute approximate surface area is 87.7 Å². The maximum absolute atomic E-state index is 10.2. The molecule has 1 aromatic rings. The van der Waals surface area contributed by atoms with E-state index in [0.717, 1.165) is 6.42 Å². The molecule has 0 saturated carbocycles. The van der Waals surface area contributed by atoms with Gasteiger partial charge in [0.15, 0.2) is 0 Å². The van der Waals surface area contributed by atoms with Gasteiger partial charge in [-0.25, -0.2) is 4.79 Å². The first kappa shape index (κ1) is 9.63. The van der Waals surface area contributed by atoms with Crippen LogP contribution in [0.4, 0.5) is 0 Å². The van der Waals surface area contributed by atoms with Crippen molar-refractivity contribution in [2.45, 2.75) is 38.6 Å². The fourth-order valence-corrected chi connectivity index (χ4v) is 3.25. The number of nitrogens with zero attached hydrogens (tertiary/aromatic N) is 1. The minimum Gasteiger partial charge on any atom is -0.211 e. The molecule has 0 N–H and O–H groups in total. The zero-order chi connectivity index (χ0) is 9.97. The number of hydrogen-bond acceptors (Lipinski definition) is 3. The molecule has 14 heavy (non-hydrogen) atoms. The van der Waals surface area contributed by atoms with Crippen molar-refractivity contribution in [2.75, 3.05) is 0 Å². The van der Waals surface area contributed by atoms with Crippen molar-refractivity contribution in [3.05, 3.63) is 21.4 Å². The minimum absolute atomic E-state index is 0.00870. The molecule has 74 valence electrons. The number of aryl methyl sites for hydroxylation is 1. The van der Waals surface area contributed by atoms with Crippen LogP contribution in [0.2, 0.25) is 0 Å². The third kappa shape index (κ3) is 1.66. The molecule has 3 heteroatoms. The summed E-state index contributed by atoms with van der Waals surface area (Å²) in [7, 11) is 0. The number of aliphatic imine (C=N–C) groups is 1. The van der Waals surface area contributed by atoms with Gasteiger partial charge >= 0.3 is 0 Å². The number of hydrogen-bond donors (Lipinski definition) is 0. The maximum Gasteiger partial charge on any atom is 0.235 e. The summed E-state index contributed by atoms with van der Waals surface area (Å²) in [6.45, 7) is 1.96. The summed E-state index contributed by atoms with van der Waals surface area (Å²) in [6, 6.07) is -0.00870. The molecular weight excluding hydrogens is 194 g/mol. The smallest absolute Gasteiger partial charge is 0.211 e. The highest BCUT2D eigenvalue weighted by Crippen LogP contribution is 2.34. The number of rotatable bonds is 2. The lowest BCUT2D eigenvalue weighted by Crippen LogP contribution is -2.02. The molecule has 0 amide bonds. The Morgan fingerprint density at radius 1 is 1.50 bits per heavy atom. The summed E-state index contributed by atoms with van der Waals surface area (Å²) in [5, 5.41) is 2.15. The average Bonchev–Trinajstić information content (AvgIpc) is 2.61. The Bertz CT molecular complexity index is 377. The zero-order valence-corrected chi connectivity index (χ0v) is 9.06. The predicted octanol–water partition coefficient (Wildman–Crippen LogP) is 3.02. The Morgan fingerprint density at radius 2 is 2.29 bits per heavy atom. The average molecular weight is 207 g/mol. The van der Waals surface area contributed by atoms with Gasteiger partial charge in [0.05, 0.1) is 6.04 Å². The van der Waals surface area contributed by atoms with Crippen molar-refractivity contribution < 1.29 is 4.79 Å². The number of thiophene rings is 1. The number of fused-ring (bicyclic) bond motifs is 1. The van der Waals surface area contributed by atoms with Crippen LogP contribution in [-0.2, 0) is 17.6 Å². The molecule has 1 atom stereocenters. The SMILES string of the molecule is CC(N=C=O)c1csc2c1CCCC2. The van der Waals surface area contributed by atoms with Crippen molar-refractivity contribution in [2.24, 2.45) is 4.99 Å². The van der Waals surface area contributed by atoms with Crippen LogP contribution in [0.3, 0.4) is 0 Å². The number of carbonyl (C=O) groups excluding carboxylic acids is 1. The van der Waals surface area contributed by atoms with Crippen molar-refractivity contribution in [3.63, 3.8) is 0 Å². The molecule has 0 aliphatic heterocycles. The van der Waals surface area contributed by atoms with Crippen LogP contribution in [0.1, 0.15) is 41.8 Å². The van der Waals surface area contributed by atoms with E-state index < -0.39 is 0 Å². The van der Waals surface area contributed by atoms with Gasteiger partial charge in [0, 0.05) is 4.88 Å². The van der Waals surface area contributed by atoms with Crippen LogP contribution in [0.15, 0.2) is 10.4 Å². The van der Waals surface area contributed by atoms with E-state index in [0.29, 0.717) is 0 Å². The third-order valence-corrected chi connectivity index (χ3v) is 3.90. The van der Waals surface area contributed by atoms with E-state index in [2.05, 4.69) is 10.4 Å². The first-order valence-electron chi connectivity index (χ1n) is 4.99. The Kier molecular flexibility index (Phi) is 2.80. The molecule has 1 heterocycles. The zero-order valence-electron chi connectivity index (χ0n) is 8.25. The second-order valence-corrected chi connectivity index (χ2v) is 4.66. The van der Waals surface area contributed by atoms with E-state index in [1.54, 1.807) is 6.08 Å². The Hall–Kier alpha value is -0.920. The molecule has 1 aliphatic carbocycles. The standard InChI is InChI=1S/C11H13NOS/c1-8(12-7-13)10-6-14-11-5-3-2-4-9(10)11/h6,8H,2-5H2,1H3. The Morgan fingerprint density at radius 3 is 3.07 bits per heavy atom. The molecule has 2 rings (SSSR count). The van der Waals surface area contributed by atoms with Crippen LogP contribution in [0.25, 0.3) is 0 Å². The van der Waals surface area contributed by atoms with E-state index in [4.69, 9.17) is 0 Å². The lowest BCUT2D eigenvalue weighted by molar-refractivity contribution is 0.559. The third-order valence-electron chi connectivity index (χ3n) is 2.79. The molecule has 0 saturated heterocycles. The van der Waals surface area contributed by atoms with Crippen LogP contribution in [0.5, 0.6) is 0 Å². The van der Waals surface area contributed by atoms with Crippen LogP contribution in [-0.4, -0.2) is 6.08 Å². The molecule has 2 nitrogen and oxygen atoms in total. The fourth-order valence-electron chi connectivity index (χ4n) is 2.02. The van der Waals surface area contributed by atoms with Gasteiger partial charge in [0.1, 0.15) is 0 Å². The van der Waals surface area contributed by atoms with Gasteiger partial charge in [-0.05, 0) is 49.1 Å². The van der Waals surface area contributed by atoms with Gasteiger partial charge in [0.25, 0.3) is 0 Å². The molecular formula is C11H13NOS. The Balaban J connectivity index is 2.34.